The summed E-state index contributed by atoms with van der Waals surface area (Å²) in [6.07, 6.45) is 4.39. The average molecular weight is 444 g/mol. The molecule has 4 rings (SSSR count). The number of benzene rings is 3. The minimum atomic E-state index is -1.39. The summed E-state index contributed by atoms with van der Waals surface area (Å²) in [7, 11) is 0. The quantitative estimate of drug-likeness (QED) is 0.394. The van der Waals surface area contributed by atoms with E-state index >= 15 is 0 Å². The van der Waals surface area contributed by atoms with Gasteiger partial charge in [-0.3, -0.25) is 4.79 Å². The fourth-order valence-electron chi connectivity index (χ4n) is 3.83. The number of carbonyl (C=O) groups is 1. The van der Waals surface area contributed by atoms with Crippen LogP contribution in [0.25, 0.3) is 0 Å². The number of rotatable bonds is 9. The summed E-state index contributed by atoms with van der Waals surface area (Å²) in [5.74, 6) is 0.254. The first-order valence-corrected chi connectivity index (χ1v) is 10.8. The van der Waals surface area contributed by atoms with Crippen LogP contribution in [0.5, 0.6) is 0 Å². The van der Waals surface area contributed by atoms with Gasteiger partial charge in [0.05, 0.1) is 6.61 Å². The summed E-state index contributed by atoms with van der Waals surface area (Å²) in [4.78, 5) is 14.4. The molecular weight excluding hydrogens is 417 g/mol. The van der Waals surface area contributed by atoms with Crippen LogP contribution in [0.15, 0.2) is 109 Å². The number of hydrogen-bond donors (Lipinski definition) is 0. The van der Waals surface area contributed by atoms with E-state index in [4.69, 9.17) is 9.47 Å². The second kappa shape index (κ2) is 10.3. The third-order valence-electron chi connectivity index (χ3n) is 5.68. The Hall–Kier alpha value is -3.70. The van der Waals surface area contributed by atoms with Crippen LogP contribution in [-0.2, 0) is 34.0 Å². The highest BCUT2D eigenvalue weighted by Crippen LogP contribution is 2.35. The van der Waals surface area contributed by atoms with Gasteiger partial charge in [-0.15, -0.1) is 0 Å². The molecule has 3 aromatic rings. The molecule has 1 heterocycles. The number of hydrogen-bond acceptors (Lipinski definition) is 4. The van der Waals surface area contributed by atoms with Crippen LogP contribution >= 0.6 is 0 Å². The van der Waals surface area contributed by atoms with Crippen molar-refractivity contribution < 1.29 is 18.7 Å². The lowest BCUT2D eigenvalue weighted by Gasteiger charge is -2.42. The molecule has 0 saturated carbocycles. The van der Waals surface area contributed by atoms with E-state index in [0.717, 1.165) is 23.0 Å². The van der Waals surface area contributed by atoms with Gasteiger partial charge in [0.25, 0.3) is 0 Å². The summed E-state index contributed by atoms with van der Waals surface area (Å²) in [5.41, 5.74) is 1.95. The molecule has 0 amide bonds. The molecule has 3 aromatic carbocycles. The summed E-state index contributed by atoms with van der Waals surface area (Å²) < 4.78 is 26.2. The first-order valence-electron chi connectivity index (χ1n) is 10.8. The van der Waals surface area contributed by atoms with Gasteiger partial charge in [-0.25, -0.2) is 4.39 Å². The van der Waals surface area contributed by atoms with Crippen molar-refractivity contribution in [1.82, 2.24) is 4.90 Å². The van der Waals surface area contributed by atoms with Crippen LogP contribution in [-0.4, -0.2) is 16.9 Å². The van der Waals surface area contributed by atoms with Gasteiger partial charge < -0.3 is 14.4 Å². The van der Waals surface area contributed by atoms with Crippen LogP contribution < -0.4 is 0 Å². The molecule has 0 bridgehead atoms. The number of allylic oxidation sites excluding steroid dienone is 1. The Morgan fingerprint density at radius 3 is 2.15 bits per heavy atom. The Morgan fingerprint density at radius 2 is 1.52 bits per heavy atom. The van der Waals surface area contributed by atoms with E-state index in [1.807, 2.05) is 79.7 Å². The maximum atomic E-state index is 13.8. The highest BCUT2D eigenvalue weighted by atomic mass is 19.1. The Labute approximate surface area is 193 Å². The van der Waals surface area contributed by atoms with Crippen molar-refractivity contribution in [3.63, 3.8) is 0 Å². The highest BCUT2D eigenvalue weighted by molar-refractivity contribution is 5.70. The predicted octanol–water partition coefficient (Wildman–Crippen LogP) is 5.76. The number of nitrogens with zero attached hydrogens (tertiary/aromatic N) is 1. The topological polar surface area (TPSA) is 38.8 Å². The van der Waals surface area contributed by atoms with E-state index in [1.54, 1.807) is 17.2 Å². The van der Waals surface area contributed by atoms with Crippen LogP contribution in [0.1, 0.15) is 23.6 Å². The van der Waals surface area contributed by atoms with Crippen molar-refractivity contribution in [3.8, 4) is 0 Å². The molecule has 168 valence electrons. The maximum absolute atomic E-state index is 13.8. The zero-order valence-corrected chi connectivity index (χ0v) is 18.5. The van der Waals surface area contributed by atoms with Crippen molar-refractivity contribution in [2.45, 2.75) is 32.4 Å². The molecular formula is C28H26FNO3. The number of halogens is 1. The van der Waals surface area contributed by atoms with Gasteiger partial charge >= 0.3 is 0 Å². The van der Waals surface area contributed by atoms with E-state index in [1.165, 1.54) is 12.1 Å². The second-order valence-electron chi connectivity index (χ2n) is 7.93. The minimum Gasteiger partial charge on any atom is -0.489 e. The highest BCUT2D eigenvalue weighted by Gasteiger charge is 2.42. The Morgan fingerprint density at radius 1 is 0.879 bits per heavy atom. The molecule has 0 fully saturated rings. The van der Waals surface area contributed by atoms with Gasteiger partial charge in [0.15, 0.2) is 6.29 Å². The van der Waals surface area contributed by atoms with Crippen molar-refractivity contribution >= 4 is 6.29 Å². The Bertz CT molecular complexity index is 1140. The van der Waals surface area contributed by atoms with Crippen molar-refractivity contribution in [2.75, 3.05) is 0 Å². The maximum Gasteiger partial charge on any atom is 0.224 e. The number of carbonyl (C=O) groups excluding carboxylic acids is 1. The fourth-order valence-corrected chi connectivity index (χ4v) is 3.83. The number of ether oxygens (including phenoxy) is 2. The minimum absolute atomic E-state index is 0.233. The molecule has 5 heteroatoms. The van der Waals surface area contributed by atoms with Gasteiger partial charge in [0.1, 0.15) is 18.2 Å². The van der Waals surface area contributed by atoms with Gasteiger partial charge in [0.2, 0.25) is 5.72 Å². The molecule has 0 N–H and O–H groups in total. The second-order valence-corrected chi connectivity index (χ2v) is 7.93. The molecule has 0 aliphatic carbocycles. The smallest absolute Gasteiger partial charge is 0.224 e. The van der Waals surface area contributed by atoms with Crippen molar-refractivity contribution in [1.29, 1.82) is 0 Å². The molecule has 0 radical (unpaired) electrons. The molecule has 0 spiro atoms. The van der Waals surface area contributed by atoms with E-state index in [-0.39, 0.29) is 12.4 Å². The van der Waals surface area contributed by atoms with Crippen LogP contribution in [0.3, 0.4) is 0 Å². The normalized spacial score (nSPS) is 17.8. The number of aldehydes is 1. The van der Waals surface area contributed by atoms with E-state index in [9.17, 15) is 9.18 Å². The zero-order valence-electron chi connectivity index (χ0n) is 18.5. The molecule has 1 atom stereocenters. The average Bonchev–Trinajstić information content (AvgIpc) is 2.85. The first-order chi connectivity index (χ1) is 16.1. The third-order valence-corrected chi connectivity index (χ3v) is 5.68. The molecule has 0 saturated heterocycles. The lowest BCUT2D eigenvalue weighted by atomic mass is 9.98. The summed E-state index contributed by atoms with van der Waals surface area (Å²) in [6, 6.07) is 25.8. The van der Waals surface area contributed by atoms with E-state index < -0.39 is 5.72 Å². The van der Waals surface area contributed by atoms with Crippen LogP contribution in [0.2, 0.25) is 0 Å². The third kappa shape index (κ3) is 5.21. The molecule has 0 aromatic heterocycles. The predicted molar refractivity (Wildman–Crippen MR) is 125 cm³/mol. The van der Waals surface area contributed by atoms with Crippen molar-refractivity contribution in [3.05, 3.63) is 131 Å². The Kier molecular flexibility index (Phi) is 7.01. The standard InChI is InChI=1S/C28H26FNO3/c1-22-27(32-19-23-9-4-2-5-10-23)15-16-30(18-25-13-8-14-26(29)17-25)28(22,21-31)33-20-24-11-6-3-7-12-24/h2-17,21H,18-20H2,1H3. The molecule has 33 heavy (non-hydrogen) atoms. The summed E-state index contributed by atoms with van der Waals surface area (Å²) in [5, 5.41) is 0. The van der Waals surface area contributed by atoms with Gasteiger partial charge in [0, 0.05) is 18.3 Å². The van der Waals surface area contributed by atoms with Gasteiger partial charge in [-0.2, -0.15) is 0 Å². The van der Waals surface area contributed by atoms with Crippen molar-refractivity contribution in [2.24, 2.45) is 0 Å². The van der Waals surface area contributed by atoms with E-state index in [0.29, 0.717) is 24.5 Å². The largest absolute Gasteiger partial charge is 0.489 e. The summed E-state index contributed by atoms with van der Waals surface area (Å²) >= 11 is 0. The first kappa shape index (κ1) is 22.5. The van der Waals surface area contributed by atoms with Crippen LogP contribution in [0, 0.1) is 5.82 Å². The van der Waals surface area contributed by atoms with Gasteiger partial charge in [-0.1, -0.05) is 72.8 Å². The zero-order chi connectivity index (χ0) is 23.1. The molecule has 1 unspecified atom stereocenters. The summed E-state index contributed by atoms with van der Waals surface area (Å²) in [6.45, 7) is 2.73. The SMILES string of the molecule is CC1=C(OCc2ccccc2)C=CN(Cc2cccc(F)c2)C1(C=O)OCc1ccccc1. The lowest BCUT2D eigenvalue weighted by molar-refractivity contribution is -0.152. The molecule has 1 aliphatic rings. The van der Waals surface area contributed by atoms with Crippen LogP contribution in [0.4, 0.5) is 4.39 Å². The van der Waals surface area contributed by atoms with Gasteiger partial charge in [-0.05, 0) is 41.8 Å². The molecule has 4 nitrogen and oxygen atoms in total. The Balaban J connectivity index is 1.63. The monoisotopic (exact) mass is 443 g/mol. The molecule has 1 aliphatic heterocycles. The fraction of sp³-hybridized carbons (Fsp3) is 0.179. The van der Waals surface area contributed by atoms with E-state index in [2.05, 4.69) is 0 Å². The lowest BCUT2D eigenvalue weighted by Crippen LogP contribution is -2.52.